The minimum absolute atomic E-state index is 0.122. The molecule has 1 aromatic carbocycles. The van der Waals surface area contributed by atoms with E-state index in [1.165, 1.54) is 7.05 Å². The van der Waals surface area contributed by atoms with Crippen LogP contribution >= 0.6 is 0 Å². The van der Waals surface area contributed by atoms with Crippen molar-refractivity contribution in [1.82, 2.24) is 4.90 Å². The van der Waals surface area contributed by atoms with Crippen molar-refractivity contribution >= 4 is 12.1 Å². The first-order valence-electron chi connectivity index (χ1n) is 4.71. The minimum Gasteiger partial charge on any atom is -0.445 e. The van der Waals surface area contributed by atoms with Crippen molar-refractivity contribution in [2.24, 2.45) is 0 Å². The molecular weight excluding hydrogens is 210 g/mol. The minimum atomic E-state index is -1.32. The molecule has 0 N–H and O–H groups in total. The summed E-state index contributed by atoms with van der Waals surface area (Å²) in [7, 11) is 1.34. The highest BCUT2D eigenvalue weighted by Gasteiger charge is 2.14. The van der Waals surface area contributed by atoms with Gasteiger partial charge in [-0.25, -0.2) is 14.7 Å². The molecule has 0 aliphatic carbocycles. The zero-order chi connectivity index (χ0) is 12.0. The highest BCUT2D eigenvalue weighted by atomic mass is 16.6. The lowest BCUT2D eigenvalue weighted by atomic mass is 10.2. The molecule has 0 aliphatic heterocycles. The molecule has 0 spiro atoms. The summed E-state index contributed by atoms with van der Waals surface area (Å²) in [5.74, 6) is -1.32. The normalized spacial score (nSPS) is 9.56. The first kappa shape index (κ1) is 12.0. The third-order valence-corrected chi connectivity index (χ3v) is 1.88. The predicted molar refractivity (Wildman–Crippen MR) is 55.0 cm³/mol. The third-order valence-electron chi connectivity index (χ3n) is 1.88. The van der Waals surface area contributed by atoms with Gasteiger partial charge in [0, 0.05) is 7.05 Å². The fourth-order valence-electron chi connectivity index (χ4n) is 1.09. The Balaban J connectivity index is 2.38. The first-order chi connectivity index (χ1) is 7.59. The number of likely N-dealkylation sites (N-methyl/N-ethyl adjacent to an activating group) is 1. The lowest BCUT2D eigenvalue weighted by Gasteiger charge is -2.13. The molecular formula is C11H12NO4. The molecule has 0 aromatic heterocycles. The van der Waals surface area contributed by atoms with Crippen LogP contribution in [0.4, 0.5) is 4.79 Å². The number of nitrogens with zero attached hydrogens (tertiary/aromatic N) is 1. The molecule has 0 atom stereocenters. The van der Waals surface area contributed by atoms with E-state index in [1.54, 1.807) is 0 Å². The molecule has 0 unspecified atom stereocenters. The molecule has 1 amide bonds. The van der Waals surface area contributed by atoms with Crippen LogP contribution in [0.5, 0.6) is 0 Å². The van der Waals surface area contributed by atoms with Gasteiger partial charge in [0.15, 0.2) is 0 Å². The Bertz CT molecular complexity index is 364. The van der Waals surface area contributed by atoms with Crippen molar-refractivity contribution in [3.8, 4) is 0 Å². The van der Waals surface area contributed by atoms with Gasteiger partial charge in [-0.15, -0.1) is 0 Å². The summed E-state index contributed by atoms with van der Waals surface area (Å²) in [4.78, 5) is 22.4. The van der Waals surface area contributed by atoms with Crippen LogP contribution in [0.25, 0.3) is 0 Å². The summed E-state index contributed by atoms with van der Waals surface area (Å²) in [6.07, 6.45) is -0.687. The Morgan fingerprint density at radius 3 is 2.44 bits per heavy atom. The molecule has 0 fully saturated rings. The van der Waals surface area contributed by atoms with E-state index in [0.29, 0.717) is 0 Å². The second kappa shape index (κ2) is 5.75. The van der Waals surface area contributed by atoms with Crippen LogP contribution in [-0.4, -0.2) is 30.6 Å². The molecule has 0 bridgehead atoms. The zero-order valence-electron chi connectivity index (χ0n) is 8.88. The number of benzene rings is 1. The standard InChI is InChI=1S/C11H12NO4/c1-12(7-10(13)14)11(15)16-8-9-5-3-2-4-6-9/h2-6H,7-8H2,1H3. The molecule has 5 nitrogen and oxygen atoms in total. The van der Waals surface area contributed by atoms with Crippen molar-refractivity contribution in [1.29, 1.82) is 0 Å². The van der Waals surface area contributed by atoms with E-state index in [-0.39, 0.29) is 6.61 Å². The van der Waals surface area contributed by atoms with Gasteiger partial charge in [0.1, 0.15) is 13.2 Å². The number of carbonyl (C=O) groups excluding carboxylic acids is 2. The molecule has 1 aromatic rings. The van der Waals surface area contributed by atoms with Gasteiger partial charge in [-0.05, 0) is 5.56 Å². The van der Waals surface area contributed by atoms with Gasteiger partial charge in [0.25, 0.3) is 0 Å². The molecule has 1 radical (unpaired) electrons. The van der Waals surface area contributed by atoms with Crippen LogP contribution in [0.1, 0.15) is 5.56 Å². The van der Waals surface area contributed by atoms with Gasteiger partial charge in [-0.1, -0.05) is 30.3 Å². The van der Waals surface area contributed by atoms with E-state index in [0.717, 1.165) is 10.5 Å². The number of hydrogen-bond acceptors (Lipinski definition) is 3. The zero-order valence-corrected chi connectivity index (χ0v) is 8.88. The molecule has 5 heteroatoms. The topological polar surface area (TPSA) is 66.5 Å². The molecule has 0 saturated heterocycles. The second-order valence-corrected chi connectivity index (χ2v) is 3.27. The average Bonchev–Trinajstić information content (AvgIpc) is 2.26. The number of rotatable bonds is 4. The smallest absolute Gasteiger partial charge is 0.410 e. The molecule has 0 aliphatic rings. The molecule has 16 heavy (non-hydrogen) atoms. The monoisotopic (exact) mass is 222 g/mol. The van der Waals surface area contributed by atoms with E-state index in [1.807, 2.05) is 30.3 Å². The van der Waals surface area contributed by atoms with E-state index in [2.05, 4.69) is 0 Å². The van der Waals surface area contributed by atoms with Gasteiger partial charge in [-0.3, -0.25) is 4.90 Å². The van der Waals surface area contributed by atoms with Crippen LogP contribution < -0.4 is 0 Å². The lowest BCUT2D eigenvalue weighted by molar-refractivity contribution is -0.143. The van der Waals surface area contributed by atoms with Gasteiger partial charge < -0.3 is 4.74 Å². The first-order valence-corrected chi connectivity index (χ1v) is 4.71. The van der Waals surface area contributed by atoms with Gasteiger partial charge in [0.2, 0.25) is 0 Å². The van der Waals surface area contributed by atoms with Gasteiger partial charge in [-0.2, -0.15) is 0 Å². The molecule has 0 heterocycles. The summed E-state index contributed by atoms with van der Waals surface area (Å²) in [5, 5.41) is 10.2. The number of amides is 1. The fraction of sp³-hybridized carbons (Fsp3) is 0.273. The van der Waals surface area contributed by atoms with Crippen LogP contribution in [0, 0.1) is 0 Å². The van der Waals surface area contributed by atoms with Crippen molar-refractivity contribution < 1.29 is 19.4 Å². The van der Waals surface area contributed by atoms with Gasteiger partial charge in [0.05, 0.1) is 0 Å². The summed E-state index contributed by atoms with van der Waals surface area (Å²) >= 11 is 0. The van der Waals surface area contributed by atoms with Crippen LogP contribution in [0.3, 0.4) is 0 Å². The van der Waals surface area contributed by atoms with E-state index in [4.69, 9.17) is 4.74 Å². The Hall–Kier alpha value is -2.04. The van der Waals surface area contributed by atoms with Crippen molar-refractivity contribution in [2.45, 2.75) is 6.61 Å². The highest BCUT2D eigenvalue weighted by molar-refractivity contribution is 5.76. The van der Waals surface area contributed by atoms with Crippen LogP contribution in [0.15, 0.2) is 30.3 Å². The maximum Gasteiger partial charge on any atom is 0.410 e. The van der Waals surface area contributed by atoms with Crippen molar-refractivity contribution in [3.05, 3.63) is 35.9 Å². The van der Waals surface area contributed by atoms with Crippen LogP contribution in [-0.2, 0) is 21.2 Å². The van der Waals surface area contributed by atoms with E-state index < -0.39 is 18.6 Å². The Morgan fingerprint density at radius 2 is 1.88 bits per heavy atom. The third kappa shape index (κ3) is 4.00. The average molecular weight is 222 g/mol. The van der Waals surface area contributed by atoms with E-state index in [9.17, 15) is 14.7 Å². The quantitative estimate of drug-likeness (QED) is 0.769. The largest absolute Gasteiger partial charge is 0.445 e. The number of ether oxygens (including phenoxy) is 1. The predicted octanol–water partition coefficient (Wildman–Crippen LogP) is 1.21. The number of hydrogen-bond donors (Lipinski definition) is 0. The number of carbonyl (C=O) groups is 2. The molecule has 85 valence electrons. The van der Waals surface area contributed by atoms with Crippen molar-refractivity contribution in [3.63, 3.8) is 0 Å². The SMILES string of the molecule is CN(CC([O])=O)C(=O)OCc1ccccc1. The summed E-state index contributed by atoms with van der Waals surface area (Å²) in [6.45, 7) is -0.356. The Labute approximate surface area is 93.2 Å². The Morgan fingerprint density at radius 1 is 1.25 bits per heavy atom. The van der Waals surface area contributed by atoms with Crippen LogP contribution in [0.2, 0.25) is 0 Å². The maximum atomic E-state index is 11.3. The lowest BCUT2D eigenvalue weighted by Crippen LogP contribution is -2.31. The molecule has 1 rings (SSSR count). The van der Waals surface area contributed by atoms with Gasteiger partial charge >= 0.3 is 12.1 Å². The summed E-state index contributed by atoms with van der Waals surface area (Å²) < 4.78 is 4.89. The molecule has 0 saturated carbocycles. The maximum absolute atomic E-state index is 11.3. The Kier molecular flexibility index (Phi) is 4.32. The fourth-order valence-corrected chi connectivity index (χ4v) is 1.09. The summed E-state index contributed by atoms with van der Waals surface area (Å²) in [5.41, 5.74) is 0.845. The highest BCUT2D eigenvalue weighted by Crippen LogP contribution is 2.02. The summed E-state index contributed by atoms with van der Waals surface area (Å²) in [6, 6.07) is 9.13. The second-order valence-electron chi connectivity index (χ2n) is 3.27. The van der Waals surface area contributed by atoms with E-state index >= 15 is 0 Å². The van der Waals surface area contributed by atoms with Crippen molar-refractivity contribution in [2.75, 3.05) is 13.6 Å².